The van der Waals surface area contributed by atoms with Crippen molar-refractivity contribution in [3.63, 3.8) is 0 Å². The van der Waals surface area contributed by atoms with Crippen LogP contribution in [0.15, 0.2) is 0 Å². The predicted molar refractivity (Wildman–Crippen MR) is 83.0 cm³/mol. The van der Waals surface area contributed by atoms with Crippen molar-refractivity contribution in [2.24, 2.45) is 0 Å². The molecule has 0 bridgehead atoms. The number of nitrogen functional groups attached to an aromatic ring is 1. The molecule has 1 aromatic heterocycles. The maximum absolute atomic E-state index is 6.14. The molecule has 0 amide bonds. The number of nitrogens with zero attached hydrogens (tertiary/aromatic N) is 3. The molecular formula is C16H26N4. The third kappa shape index (κ3) is 2.60. The van der Waals surface area contributed by atoms with E-state index in [4.69, 9.17) is 10.7 Å². The number of rotatable bonds is 4. The molecule has 1 saturated heterocycles. The Morgan fingerprint density at radius 2 is 2.00 bits per heavy atom. The molecule has 110 valence electrons. The lowest BCUT2D eigenvalue weighted by atomic mass is 9.98. The lowest BCUT2D eigenvalue weighted by molar-refractivity contribution is 0.430. The molecule has 1 saturated carbocycles. The third-order valence-corrected chi connectivity index (χ3v) is 4.64. The Balaban J connectivity index is 1.93. The van der Waals surface area contributed by atoms with E-state index in [0.717, 1.165) is 23.8 Å². The van der Waals surface area contributed by atoms with Gasteiger partial charge in [0.15, 0.2) is 0 Å². The fraction of sp³-hybridized carbons (Fsp3) is 0.750. The summed E-state index contributed by atoms with van der Waals surface area (Å²) in [6.45, 7) is 5.45. The van der Waals surface area contributed by atoms with Crippen molar-refractivity contribution in [2.75, 3.05) is 17.2 Å². The van der Waals surface area contributed by atoms with Crippen LogP contribution in [0.3, 0.4) is 0 Å². The van der Waals surface area contributed by atoms with Gasteiger partial charge in [0, 0.05) is 24.1 Å². The Kier molecular flexibility index (Phi) is 3.81. The Morgan fingerprint density at radius 3 is 2.70 bits per heavy atom. The van der Waals surface area contributed by atoms with E-state index in [2.05, 4.69) is 23.7 Å². The predicted octanol–water partition coefficient (Wildman–Crippen LogP) is 3.40. The second-order valence-electron chi connectivity index (χ2n) is 6.32. The van der Waals surface area contributed by atoms with Gasteiger partial charge >= 0.3 is 0 Å². The monoisotopic (exact) mass is 274 g/mol. The summed E-state index contributed by atoms with van der Waals surface area (Å²) in [6.07, 6.45) is 8.83. The van der Waals surface area contributed by atoms with Gasteiger partial charge in [-0.15, -0.1) is 0 Å². The number of nitrogens with two attached hydrogens (primary N) is 1. The van der Waals surface area contributed by atoms with E-state index in [9.17, 15) is 0 Å². The minimum absolute atomic E-state index is 0.561. The first kappa shape index (κ1) is 13.7. The second-order valence-corrected chi connectivity index (χ2v) is 6.32. The SMILES string of the molecule is CCCC1CCCCN1c1nc(C2CC2)nc(N)c1C. The Morgan fingerprint density at radius 1 is 1.20 bits per heavy atom. The van der Waals surface area contributed by atoms with Crippen molar-refractivity contribution in [2.45, 2.75) is 70.8 Å². The number of hydrogen-bond donors (Lipinski definition) is 1. The van der Waals surface area contributed by atoms with Gasteiger partial charge in [0.1, 0.15) is 17.5 Å². The van der Waals surface area contributed by atoms with Crippen LogP contribution in [0.4, 0.5) is 11.6 Å². The van der Waals surface area contributed by atoms with E-state index in [-0.39, 0.29) is 0 Å². The Labute approximate surface area is 121 Å². The molecule has 2 fully saturated rings. The van der Waals surface area contributed by atoms with Crippen molar-refractivity contribution >= 4 is 11.6 Å². The van der Waals surface area contributed by atoms with E-state index in [0.29, 0.717) is 17.8 Å². The molecule has 1 unspecified atom stereocenters. The van der Waals surface area contributed by atoms with E-state index in [1.54, 1.807) is 0 Å². The van der Waals surface area contributed by atoms with Crippen molar-refractivity contribution in [1.82, 2.24) is 9.97 Å². The summed E-state index contributed by atoms with van der Waals surface area (Å²) in [5.41, 5.74) is 7.20. The highest BCUT2D eigenvalue weighted by Gasteiger charge is 2.30. The van der Waals surface area contributed by atoms with Crippen LogP contribution in [0.1, 0.15) is 69.2 Å². The third-order valence-electron chi connectivity index (χ3n) is 4.64. The fourth-order valence-electron chi connectivity index (χ4n) is 3.26. The van der Waals surface area contributed by atoms with E-state index in [1.165, 1.54) is 44.9 Å². The topological polar surface area (TPSA) is 55.0 Å². The van der Waals surface area contributed by atoms with Crippen LogP contribution in [0, 0.1) is 6.92 Å². The first-order valence-electron chi connectivity index (χ1n) is 8.11. The molecule has 4 nitrogen and oxygen atoms in total. The van der Waals surface area contributed by atoms with Gasteiger partial charge in [-0.2, -0.15) is 0 Å². The molecule has 2 aliphatic rings. The largest absolute Gasteiger partial charge is 0.383 e. The highest BCUT2D eigenvalue weighted by atomic mass is 15.2. The molecule has 0 radical (unpaired) electrons. The summed E-state index contributed by atoms with van der Waals surface area (Å²) in [6, 6.07) is 0.633. The molecule has 3 rings (SSSR count). The van der Waals surface area contributed by atoms with Gasteiger partial charge < -0.3 is 10.6 Å². The van der Waals surface area contributed by atoms with Crippen LogP contribution >= 0.6 is 0 Å². The molecule has 0 aromatic carbocycles. The van der Waals surface area contributed by atoms with Crippen LogP contribution in [0.25, 0.3) is 0 Å². The first-order valence-corrected chi connectivity index (χ1v) is 8.11. The number of aromatic nitrogens is 2. The maximum atomic E-state index is 6.14. The Bertz CT molecular complexity index is 480. The van der Waals surface area contributed by atoms with Crippen LogP contribution in [0.5, 0.6) is 0 Å². The van der Waals surface area contributed by atoms with Crippen molar-refractivity contribution in [3.8, 4) is 0 Å². The van der Waals surface area contributed by atoms with Crippen molar-refractivity contribution in [1.29, 1.82) is 0 Å². The quantitative estimate of drug-likeness (QED) is 0.914. The average molecular weight is 274 g/mol. The zero-order valence-corrected chi connectivity index (χ0v) is 12.7. The van der Waals surface area contributed by atoms with Crippen molar-refractivity contribution < 1.29 is 0 Å². The summed E-state index contributed by atoms with van der Waals surface area (Å²) >= 11 is 0. The Hall–Kier alpha value is -1.32. The zero-order valence-electron chi connectivity index (χ0n) is 12.7. The molecule has 2 N–H and O–H groups in total. The first-order chi connectivity index (χ1) is 9.70. The van der Waals surface area contributed by atoms with E-state index in [1.807, 2.05) is 0 Å². The smallest absolute Gasteiger partial charge is 0.137 e. The van der Waals surface area contributed by atoms with Gasteiger partial charge in [-0.25, -0.2) is 9.97 Å². The van der Waals surface area contributed by atoms with E-state index >= 15 is 0 Å². The summed E-state index contributed by atoms with van der Waals surface area (Å²) in [5, 5.41) is 0. The molecule has 20 heavy (non-hydrogen) atoms. The fourth-order valence-corrected chi connectivity index (χ4v) is 3.26. The van der Waals surface area contributed by atoms with Gasteiger partial charge in [0.25, 0.3) is 0 Å². The molecule has 0 spiro atoms. The molecule has 1 aromatic rings. The number of hydrogen-bond acceptors (Lipinski definition) is 4. The van der Waals surface area contributed by atoms with E-state index < -0.39 is 0 Å². The van der Waals surface area contributed by atoms with Gasteiger partial charge in [-0.1, -0.05) is 13.3 Å². The minimum Gasteiger partial charge on any atom is -0.383 e. The summed E-state index contributed by atoms with van der Waals surface area (Å²) in [7, 11) is 0. The van der Waals surface area contributed by atoms with Gasteiger partial charge in [-0.05, 0) is 45.4 Å². The summed E-state index contributed by atoms with van der Waals surface area (Å²) < 4.78 is 0. The molecule has 4 heteroatoms. The maximum Gasteiger partial charge on any atom is 0.137 e. The normalized spacial score (nSPS) is 23.1. The molecule has 2 heterocycles. The molecule has 1 aliphatic carbocycles. The van der Waals surface area contributed by atoms with Crippen LogP contribution < -0.4 is 10.6 Å². The highest BCUT2D eigenvalue weighted by Crippen LogP contribution is 2.40. The molecule has 1 atom stereocenters. The molecular weight excluding hydrogens is 248 g/mol. The second kappa shape index (κ2) is 5.58. The van der Waals surface area contributed by atoms with Crippen LogP contribution in [0.2, 0.25) is 0 Å². The highest BCUT2D eigenvalue weighted by molar-refractivity contribution is 5.57. The van der Waals surface area contributed by atoms with Crippen molar-refractivity contribution in [3.05, 3.63) is 11.4 Å². The zero-order chi connectivity index (χ0) is 14.1. The minimum atomic E-state index is 0.561. The van der Waals surface area contributed by atoms with Gasteiger partial charge in [0.2, 0.25) is 0 Å². The average Bonchev–Trinajstić information content (AvgIpc) is 3.27. The lowest BCUT2D eigenvalue weighted by Gasteiger charge is -2.37. The number of piperidine rings is 1. The standard InChI is InChI=1S/C16H26N4/c1-3-6-13-7-4-5-10-20(13)16-11(2)14(17)18-15(19-16)12-8-9-12/h12-13H,3-10H2,1-2H3,(H2,17,18,19). The summed E-state index contributed by atoms with van der Waals surface area (Å²) in [4.78, 5) is 11.9. The summed E-state index contributed by atoms with van der Waals surface area (Å²) in [5.74, 6) is 3.32. The lowest BCUT2D eigenvalue weighted by Crippen LogP contribution is -2.40. The molecule has 1 aliphatic heterocycles. The van der Waals surface area contributed by atoms with Gasteiger partial charge in [0.05, 0.1) is 0 Å². The van der Waals surface area contributed by atoms with Crippen LogP contribution in [-0.4, -0.2) is 22.6 Å². The van der Waals surface area contributed by atoms with Crippen LogP contribution in [-0.2, 0) is 0 Å². The number of anilines is 2. The van der Waals surface area contributed by atoms with Gasteiger partial charge in [-0.3, -0.25) is 0 Å².